The van der Waals surface area contributed by atoms with Gasteiger partial charge in [-0.3, -0.25) is 4.79 Å². The number of amides is 1. The van der Waals surface area contributed by atoms with Gasteiger partial charge in [-0.1, -0.05) is 22.0 Å². The summed E-state index contributed by atoms with van der Waals surface area (Å²) in [5, 5.41) is 0.749. The zero-order valence-electron chi connectivity index (χ0n) is 10.9. The Balaban J connectivity index is 3.11. The summed E-state index contributed by atoms with van der Waals surface area (Å²) in [6.07, 6.45) is 0. The van der Waals surface area contributed by atoms with Gasteiger partial charge in [0.05, 0.1) is 19.8 Å². The number of rotatable bonds is 6. The van der Waals surface area contributed by atoms with Crippen LogP contribution in [0.25, 0.3) is 0 Å². The van der Waals surface area contributed by atoms with E-state index in [0.717, 1.165) is 5.33 Å². The first-order valence-electron chi connectivity index (χ1n) is 5.75. The minimum Gasteiger partial charge on any atom is -0.493 e. The van der Waals surface area contributed by atoms with E-state index in [1.165, 1.54) is 7.11 Å². The van der Waals surface area contributed by atoms with Crippen molar-refractivity contribution in [3.05, 3.63) is 23.8 Å². The molecule has 0 saturated heterocycles. The van der Waals surface area contributed by atoms with Crippen molar-refractivity contribution in [3.8, 4) is 11.5 Å². The zero-order valence-corrected chi connectivity index (χ0v) is 12.5. The van der Waals surface area contributed by atoms with Gasteiger partial charge in [-0.15, -0.1) is 0 Å². The Bertz CT molecular complexity index is 409. The molecule has 18 heavy (non-hydrogen) atoms. The number of carbonyl (C=O) groups excluding carboxylic acids is 1. The van der Waals surface area contributed by atoms with Crippen molar-refractivity contribution in [2.24, 2.45) is 0 Å². The van der Waals surface area contributed by atoms with Crippen LogP contribution in [0.4, 0.5) is 0 Å². The lowest BCUT2D eigenvalue weighted by Crippen LogP contribution is -2.32. The number of nitrogens with zero attached hydrogens (tertiary/aromatic N) is 1. The van der Waals surface area contributed by atoms with Crippen LogP contribution in [-0.2, 0) is 0 Å². The van der Waals surface area contributed by atoms with E-state index in [1.54, 1.807) is 30.2 Å². The van der Waals surface area contributed by atoms with Gasteiger partial charge in [0.2, 0.25) is 0 Å². The third-order valence-corrected chi connectivity index (χ3v) is 3.01. The summed E-state index contributed by atoms with van der Waals surface area (Å²) in [4.78, 5) is 14.1. The first-order valence-corrected chi connectivity index (χ1v) is 6.87. The average Bonchev–Trinajstić information content (AvgIpc) is 2.42. The van der Waals surface area contributed by atoms with Crippen molar-refractivity contribution in [1.29, 1.82) is 0 Å². The van der Waals surface area contributed by atoms with E-state index < -0.39 is 0 Å². The van der Waals surface area contributed by atoms with Crippen LogP contribution in [0, 0.1) is 0 Å². The molecule has 0 spiro atoms. The number of methoxy groups -OCH3 is 2. The Labute approximate surface area is 116 Å². The van der Waals surface area contributed by atoms with Crippen LogP contribution in [0.1, 0.15) is 17.3 Å². The van der Waals surface area contributed by atoms with Gasteiger partial charge in [0.1, 0.15) is 0 Å². The molecule has 0 aliphatic heterocycles. The van der Waals surface area contributed by atoms with Crippen LogP contribution in [-0.4, -0.2) is 43.4 Å². The molecule has 1 aromatic rings. The molecule has 1 amide bonds. The normalized spacial score (nSPS) is 10.0. The van der Waals surface area contributed by atoms with E-state index in [9.17, 15) is 4.79 Å². The average molecular weight is 316 g/mol. The summed E-state index contributed by atoms with van der Waals surface area (Å²) >= 11 is 3.35. The van der Waals surface area contributed by atoms with Crippen molar-refractivity contribution in [2.75, 3.05) is 32.6 Å². The van der Waals surface area contributed by atoms with E-state index in [0.29, 0.717) is 30.2 Å². The standard InChI is InChI=1S/C13H18BrNO3/c1-4-15(9-8-14)13(16)10-6-5-7-11(17-2)12(10)18-3/h5-7H,4,8-9H2,1-3H3. The molecule has 0 aliphatic rings. The van der Waals surface area contributed by atoms with Gasteiger partial charge in [-0.2, -0.15) is 0 Å². The van der Waals surface area contributed by atoms with Crippen LogP contribution in [0.5, 0.6) is 11.5 Å². The molecule has 0 fully saturated rings. The van der Waals surface area contributed by atoms with Crippen molar-refractivity contribution in [3.63, 3.8) is 0 Å². The Kier molecular flexibility index (Phi) is 5.98. The molecule has 1 aromatic carbocycles. The molecule has 0 unspecified atom stereocenters. The molecular weight excluding hydrogens is 298 g/mol. The van der Waals surface area contributed by atoms with Gasteiger partial charge in [0, 0.05) is 18.4 Å². The SMILES string of the molecule is CCN(CCBr)C(=O)c1cccc(OC)c1OC. The summed E-state index contributed by atoms with van der Waals surface area (Å²) in [7, 11) is 3.09. The van der Waals surface area contributed by atoms with Crippen LogP contribution < -0.4 is 9.47 Å². The molecule has 0 heterocycles. The van der Waals surface area contributed by atoms with Crippen LogP contribution in [0.15, 0.2) is 18.2 Å². The van der Waals surface area contributed by atoms with E-state index in [4.69, 9.17) is 9.47 Å². The van der Waals surface area contributed by atoms with Crippen molar-refractivity contribution in [2.45, 2.75) is 6.92 Å². The second-order valence-electron chi connectivity index (χ2n) is 3.61. The number of hydrogen-bond acceptors (Lipinski definition) is 3. The largest absolute Gasteiger partial charge is 0.493 e. The highest BCUT2D eigenvalue weighted by molar-refractivity contribution is 9.09. The van der Waals surface area contributed by atoms with E-state index in [-0.39, 0.29) is 5.91 Å². The van der Waals surface area contributed by atoms with Gasteiger partial charge >= 0.3 is 0 Å². The fourth-order valence-corrected chi connectivity index (χ4v) is 2.16. The summed E-state index contributed by atoms with van der Waals surface area (Å²) in [5.41, 5.74) is 0.527. The Morgan fingerprint density at radius 1 is 1.33 bits per heavy atom. The Morgan fingerprint density at radius 3 is 2.56 bits per heavy atom. The zero-order chi connectivity index (χ0) is 13.5. The predicted molar refractivity (Wildman–Crippen MR) is 74.9 cm³/mol. The lowest BCUT2D eigenvalue weighted by atomic mass is 10.1. The van der Waals surface area contributed by atoms with Crippen LogP contribution in [0.3, 0.4) is 0 Å². The summed E-state index contributed by atoms with van der Waals surface area (Å²) in [6, 6.07) is 5.31. The molecule has 0 aromatic heterocycles. The maximum absolute atomic E-state index is 12.4. The minimum absolute atomic E-state index is 0.0484. The fraction of sp³-hybridized carbons (Fsp3) is 0.462. The lowest BCUT2D eigenvalue weighted by Gasteiger charge is -2.21. The molecule has 0 radical (unpaired) electrons. The number of para-hydroxylation sites is 1. The monoisotopic (exact) mass is 315 g/mol. The van der Waals surface area contributed by atoms with Crippen molar-refractivity contribution in [1.82, 2.24) is 4.90 Å². The second kappa shape index (κ2) is 7.26. The molecule has 100 valence electrons. The Morgan fingerprint density at radius 2 is 2.06 bits per heavy atom. The van der Waals surface area contributed by atoms with Gasteiger partial charge in [-0.05, 0) is 19.1 Å². The summed E-state index contributed by atoms with van der Waals surface area (Å²) < 4.78 is 10.5. The van der Waals surface area contributed by atoms with Crippen LogP contribution >= 0.6 is 15.9 Å². The molecule has 0 bridgehead atoms. The topological polar surface area (TPSA) is 38.8 Å². The van der Waals surface area contributed by atoms with E-state index in [2.05, 4.69) is 15.9 Å². The number of hydrogen-bond donors (Lipinski definition) is 0. The predicted octanol–water partition coefficient (Wildman–Crippen LogP) is 2.56. The number of benzene rings is 1. The number of ether oxygens (including phenoxy) is 2. The maximum atomic E-state index is 12.4. The van der Waals surface area contributed by atoms with Gasteiger partial charge in [0.25, 0.3) is 5.91 Å². The van der Waals surface area contributed by atoms with Crippen LogP contribution in [0.2, 0.25) is 0 Å². The Hall–Kier alpha value is -1.23. The molecule has 5 heteroatoms. The maximum Gasteiger partial charge on any atom is 0.257 e. The van der Waals surface area contributed by atoms with E-state index in [1.807, 2.05) is 6.92 Å². The lowest BCUT2D eigenvalue weighted by molar-refractivity contribution is 0.0771. The highest BCUT2D eigenvalue weighted by Gasteiger charge is 2.20. The highest BCUT2D eigenvalue weighted by atomic mass is 79.9. The minimum atomic E-state index is -0.0484. The second-order valence-corrected chi connectivity index (χ2v) is 4.41. The van der Waals surface area contributed by atoms with Crippen molar-refractivity contribution >= 4 is 21.8 Å². The van der Waals surface area contributed by atoms with Gasteiger partial charge < -0.3 is 14.4 Å². The third kappa shape index (κ3) is 3.16. The molecular formula is C13H18BrNO3. The molecule has 4 nitrogen and oxygen atoms in total. The van der Waals surface area contributed by atoms with Crippen molar-refractivity contribution < 1.29 is 14.3 Å². The fourth-order valence-electron chi connectivity index (χ4n) is 1.73. The first-order chi connectivity index (χ1) is 8.69. The van der Waals surface area contributed by atoms with E-state index >= 15 is 0 Å². The number of carbonyl (C=O) groups is 1. The number of alkyl halides is 1. The summed E-state index contributed by atoms with van der Waals surface area (Å²) in [6.45, 7) is 3.27. The molecule has 0 atom stereocenters. The smallest absolute Gasteiger partial charge is 0.257 e. The first kappa shape index (κ1) is 14.8. The van der Waals surface area contributed by atoms with Gasteiger partial charge in [-0.25, -0.2) is 0 Å². The molecule has 0 saturated carbocycles. The molecule has 1 rings (SSSR count). The highest BCUT2D eigenvalue weighted by Crippen LogP contribution is 2.31. The number of halogens is 1. The molecule has 0 aliphatic carbocycles. The summed E-state index contributed by atoms with van der Waals surface area (Å²) in [5.74, 6) is 1.00. The quantitative estimate of drug-likeness (QED) is 0.757. The third-order valence-electron chi connectivity index (χ3n) is 2.66. The van der Waals surface area contributed by atoms with Gasteiger partial charge in [0.15, 0.2) is 11.5 Å². The molecule has 0 N–H and O–H groups in total.